The lowest BCUT2D eigenvalue weighted by Gasteiger charge is -2.30. The average Bonchev–Trinajstić information content (AvgIpc) is 2.98. The predicted octanol–water partition coefficient (Wildman–Crippen LogP) is 3.72. The summed E-state index contributed by atoms with van der Waals surface area (Å²) in [4.78, 5) is 10.2. The van der Waals surface area contributed by atoms with Crippen molar-refractivity contribution in [3.8, 4) is 10.6 Å². The third-order valence-electron chi connectivity index (χ3n) is 4.72. The van der Waals surface area contributed by atoms with Gasteiger partial charge in [-0.25, -0.2) is 4.98 Å². The molecule has 0 spiro atoms. The number of aliphatic hydroxyl groups is 1. The van der Waals surface area contributed by atoms with Gasteiger partial charge in [0.05, 0.1) is 5.69 Å². The Labute approximate surface area is 142 Å². The van der Waals surface area contributed by atoms with Crippen molar-refractivity contribution in [3.05, 3.63) is 35.1 Å². The monoisotopic (exact) mass is 331 g/mol. The highest BCUT2D eigenvalue weighted by Gasteiger charge is 2.23. The van der Waals surface area contributed by atoms with Crippen molar-refractivity contribution in [1.82, 2.24) is 15.3 Å². The molecule has 4 nitrogen and oxygen atoms in total. The van der Waals surface area contributed by atoms with Crippen LogP contribution in [0.2, 0.25) is 0 Å². The topological polar surface area (TPSA) is 58.0 Å². The van der Waals surface area contributed by atoms with E-state index in [4.69, 9.17) is 4.98 Å². The molecule has 23 heavy (non-hydrogen) atoms. The largest absolute Gasteiger partial charge is 0.396 e. The summed E-state index contributed by atoms with van der Waals surface area (Å²) in [5.74, 6) is 0.505. The zero-order valence-electron chi connectivity index (χ0n) is 13.8. The molecule has 1 atom stereocenters. The highest BCUT2D eigenvalue weighted by Crippen LogP contribution is 2.33. The quantitative estimate of drug-likeness (QED) is 0.877. The van der Waals surface area contributed by atoms with Gasteiger partial charge in [0.1, 0.15) is 5.01 Å². The van der Waals surface area contributed by atoms with Gasteiger partial charge in [0.25, 0.3) is 0 Å². The minimum absolute atomic E-state index is 0.314. The highest BCUT2D eigenvalue weighted by atomic mass is 32.1. The van der Waals surface area contributed by atoms with Gasteiger partial charge in [0, 0.05) is 41.5 Å². The van der Waals surface area contributed by atoms with Gasteiger partial charge in [0.2, 0.25) is 0 Å². The number of aromatic nitrogens is 2. The summed E-state index contributed by atoms with van der Waals surface area (Å²) in [5, 5.41) is 14.1. The molecular formula is C18H25N3OS. The van der Waals surface area contributed by atoms with Crippen LogP contribution in [0.3, 0.4) is 0 Å². The minimum Gasteiger partial charge on any atom is -0.396 e. The fraction of sp³-hybridized carbons (Fsp3) is 0.556. The van der Waals surface area contributed by atoms with E-state index < -0.39 is 0 Å². The first-order valence-electron chi connectivity index (χ1n) is 8.42. The van der Waals surface area contributed by atoms with E-state index in [0.717, 1.165) is 41.9 Å². The van der Waals surface area contributed by atoms with Crippen molar-refractivity contribution in [1.29, 1.82) is 0 Å². The molecule has 5 heteroatoms. The molecule has 124 valence electrons. The molecule has 2 N–H and O–H groups in total. The number of nitrogens with one attached hydrogen (secondary N) is 1. The maximum atomic E-state index is 9.25. The van der Waals surface area contributed by atoms with E-state index >= 15 is 0 Å². The van der Waals surface area contributed by atoms with Gasteiger partial charge >= 0.3 is 0 Å². The SMILES string of the molecule is Cc1nc(-c2cccnc2)sc1C(C)NC1CCC(CO)CC1. The van der Waals surface area contributed by atoms with E-state index in [1.54, 1.807) is 17.5 Å². The summed E-state index contributed by atoms with van der Waals surface area (Å²) in [6.45, 7) is 4.66. The number of hydrogen-bond donors (Lipinski definition) is 2. The lowest BCUT2D eigenvalue weighted by molar-refractivity contribution is 0.172. The van der Waals surface area contributed by atoms with Crippen LogP contribution in [-0.2, 0) is 0 Å². The van der Waals surface area contributed by atoms with Gasteiger partial charge in [-0.3, -0.25) is 4.98 Å². The molecule has 0 aliphatic heterocycles. The average molecular weight is 331 g/mol. The Morgan fingerprint density at radius 1 is 1.35 bits per heavy atom. The fourth-order valence-electron chi connectivity index (χ4n) is 3.36. The highest BCUT2D eigenvalue weighted by molar-refractivity contribution is 7.15. The third kappa shape index (κ3) is 3.97. The molecule has 1 fully saturated rings. The minimum atomic E-state index is 0.314. The first kappa shape index (κ1) is 16.6. The van der Waals surface area contributed by atoms with Crippen molar-refractivity contribution in [2.45, 2.75) is 51.6 Å². The molecule has 1 aliphatic rings. The number of aryl methyl sites for hydroxylation is 1. The molecule has 1 aliphatic carbocycles. The molecule has 3 rings (SSSR count). The summed E-state index contributed by atoms with van der Waals surface area (Å²) in [5.41, 5.74) is 2.19. The second-order valence-corrected chi connectivity index (χ2v) is 7.53. The van der Waals surface area contributed by atoms with E-state index in [0.29, 0.717) is 24.6 Å². The van der Waals surface area contributed by atoms with Gasteiger partial charge in [-0.05, 0) is 57.6 Å². The number of thiazole rings is 1. The number of rotatable bonds is 5. The molecule has 2 aromatic heterocycles. The zero-order valence-corrected chi connectivity index (χ0v) is 14.6. The van der Waals surface area contributed by atoms with Crippen LogP contribution in [0.25, 0.3) is 10.6 Å². The van der Waals surface area contributed by atoms with Crippen LogP contribution in [0.4, 0.5) is 0 Å². The molecule has 0 amide bonds. The zero-order chi connectivity index (χ0) is 16.2. The van der Waals surface area contributed by atoms with Gasteiger partial charge < -0.3 is 10.4 Å². The second-order valence-electron chi connectivity index (χ2n) is 6.50. The normalized spacial score (nSPS) is 22.9. The Morgan fingerprint density at radius 2 is 2.13 bits per heavy atom. The molecule has 0 saturated heterocycles. The summed E-state index contributed by atoms with van der Waals surface area (Å²) in [6.07, 6.45) is 8.23. The first-order chi connectivity index (χ1) is 11.2. The van der Waals surface area contributed by atoms with E-state index in [2.05, 4.69) is 30.2 Å². The van der Waals surface area contributed by atoms with Crippen molar-refractivity contribution in [2.75, 3.05) is 6.61 Å². The van der Waals surface area contributed by atoms with E-state index in [9.17, 15) is 5.11 Å². The maximum absolute atomic E-state index is 9.25. The standard InChI is InChI=1S/C18H25N3OS/c1-12(20-16-7-5-14(11-22)6-8-16)17-13(2)21-18(23-17)15-4-3-9-19-10-15/h3-4,9-10,12,14,16,20,22H,5-8,11H2,1-2H3. The van der Waals surface area contributed by atoms with Gasteiger partial charge in [-0.2, -0.15) is 0 Å². The molecule has 2 aromatic rings. The van der Waals surface area contributed by atoms with Crippen molar-refractivity contribution in [2.24, 2.45) is 5.92 Å². The molecule has 0 radical (unpaired) electrons. The van der Waals surface area contributed by atoms with Crippen LogP contribution in [0, 0.1) is 12.8 Å². The summed E-state index contributed by atoms with van der Waals surface area (Å²) >= 11 is 1.76. The van der Waals surface area contributed by atoms with Gasteiger partial charge in [-0.15, -0.1) is 11.3 Å². The fourth-order valence-corrected chi connectivity index (χ4v) is 4.43. The Hall–Kier alpha value is -1.30. The number of pyridine rings is 1. The number of aliphatic hydroxyl groups excluding tert-OH is 1. The molecule has 1 unspecified atom stereocenters. The van der Waals surface area contributed by atoms with Crippen molar-refractivity contribution in [3.63, 3.8) is 0 Å². The van der Waals surface area contributed by atoms with Crippen LogP contribution in [0.5, 0.6) is 0 Å². The second kappa shape index (κ2) is 7.51. The smallest absolute Gasteiger partial charge is 0.125 e. The van der Waals surface area contributed by atoms with Crippen LogP contribution >= 0.6 is 11.3 Å². The molecule has 2 heterocycles. The van der Waals surface area contributed by atoms with Gasteiger partial charge in [0.15, 0.2) is 0 Å². The van der Waals surface area contributed by atoms with Crippen LogP contribution in [0.15, 0.2) is 24.5 Å². The molecule has 1 saturated carbocycles. The molecule has 0 aromatic carbocycles. The Bertz CT molecular complexity index is 620. The summed E-state index contributed by atoms with van der Waals surface area (Å²) < 4.78 is 0. The summed E-state index contributed by atoms with van der Waals surface area (Å²) in [7, 11) is 0. The lowest BCUT2D eigenvalue weighted by Crippen LogP contribution is -2.35. The number of hydrogen-bond acceptors (Lipinski definition) is 5. The van der Waals surface area contributed by atoms with Gasteiger partial charge in [-0.1, -0.05) is 0 Å². The Kier molecular flexibility index (Phi) is 5.41. The van der Waals surface area contributed by atoms with E-state index in [1.807, 2.05) is 12.3 Å². The summed E-state index contributed by atoms with van der Waals surface area (Å²) in [6, 6.07) is 4.88. The van der Waals surface area contributed by atoms with Crippen molar-refractivity contribution < 1.29 is 5.11 Å². The van der Waals surface area contributed by atoms with Crippen molar-refractivity contribution >= 4 is 11.3 Å². The van der Waals surface area contributed by atoms with Crippen LogP contribution in [0.1, 0.15) is 49.2 Å². The number of nitrogens with zero attached hydrogens (tertiary/aromatic N) is 2. The van der Waals surface area contributed by atoms with E-state index in [1.165, 1.54) is 4.88 Å². The predicted molar refractivity (Wildman–Crippen MR) is 94.5 cm³/mol. The maximum Gasteiger partial charge on any atom is 0.125 e. The molecule has 0 bridgehead atoms. The van der Waals surface area contributed by atoms with Crippen LogP contribution < -0.4 is 5.32 Å². The lowest BCUT2D eigenvalue weighted by atomic mass is 9.86. The third-order valence-corrected chi connectivity index (χ3v) is 6.11. The van der Waals surface area contributed by atoms with Crippen LogP contribution in [-0.4, -0.2) is 27.7 Å². The first-order valence-corrected chi connectivity index (χ1v) is 9.23. The Balaban J connectivity index is 1.66. The van der Waals surface area contributed by atoms with E-state index in [-0.39, 0.29) is 0 Å². The molecular weight excluding hydrogens is 306 g/mol. The Morgan fingerprint density at radius 3 is 2.78 bits per heavy atom.